The molecule has 0 bridgehead atoms. The molecule has 0 aliphatic rings. The van der Waals surface area contributed by atoms with E-state index in [4.69, 9.17) is 0 Å². The summed E-state index contributed by atoms with van der Waals surface area (Å²) >= 11 is 1.44. The summed E-state index contributed by atoms with van der Waals surface area (Å²) in [6, 6.07) is 1.77. The molecule has 0 unspecified atom stereocenters. The van der Waals surface area contributed by atoms with Crippen LogP contribution in [0.15, 0.2) is 24.7 Å². The fourth-order valence-electron chi connectivity index (χ4n) is 1.55. The summed E-state index contributed by atoms with van der Waals surface area (Å²) in [7, 11) is 0. The van der Waals surface area contributed by atoms with E-state index in [1.165, 1.54) is 11.3 Å². The molecule has 0 saturated carbocycles. The summed E-state index contributed by atoms with van der Waals surface area (Å²) in [6.45, 7) is 3.35. The summed E-state index contributed by atoms with van der Waals surface area (Å²) in [5.74, 6) is 0.548. The zero-order chi connectivity index (χ0) is 14.2. The van der Waals surface area contributed by atoms with E-state index in [1.54, 1.807) is 24.7 Å². The second kappa shape index (κ2) is 7.54. The quantitative estimate of drug-likeness (QED) is 0.759. The standard InChI is InChI=1S/C13H17N5OS/c1-2-11-18-9-10(20-11)12(19)14-5-3-6-15-13-16-7-4-8-17-13/h4,7-9H,2-3,5-6H2,1H3,(H,14,19)(H,15,16,17). The monoisotopic (exact) mass is 291 g/mol. The number of nitrogens with one attached hydrogen (secondary N) is 2. The molecule has 6 nitrogen and oxygen atoms in total. The molecule has 0 atom stereocenters. The Labute approximate surface area is 121 Å². The third-order valence-electron chi connectivity index (χ3n) is 2.57. The molecule has 0 aromatic carbocycles. The third kappa shape index (κ3) is 4.27. The number of thiazole rings is 1. The molecule has 0 radical (unpaired) electrons. The molecule has 7 heteroatoms. The van der Waals surface area contributed by atoms with Crippen molar-refractivity contribution in [3.63, 3.8) is 0 Å². The largest absolute Gasteiger partial charge is 0.354 e. The van der Waals surface area contributed by atoms with Crippen LogP contribution in [0, 0.1) is 0 Å². The van der Waals surface area contributed by atoms with Gasteiger partial charge in [-0.3, -0.25) is 4.79 Å². The number of hydrogen-bond donors (Lipinski definition) is 2. The fourth-order valence-corrected chi connectivity index (χ4v) is 2.32. The molecular formula is C13H17N5OS. The van der Waals surface area contributed by atoms with Crippen molar-refractivity contribution in [1.82, 2.24) is 20.3 Å². The van der Waals surface area contributed by atoms with Crippen LogP contribution in [-0.2, 0) is 6.42 Å². The molecule has 20 heavy (non-hydrogen) atoms. The summed E-state index contributed by atoms with van der Waals surface area (Å²) in [5, 5.41) is 6.95. The van der Waals surface area contributed by atoms with Crippen LogP contribution in [0.1, 0.15) is 28.0 Å². The van der Waals surface area contributed by atoms with Crippen LogP contribution in [0.25, 0.3) is 0 Å². The lowest BCUT2D eigenvalue weighted by molar-refractivity contribution is 0.0957. The number of amides is 1. The molecule has 0 saturated heterocycles. The van der Waals surface area contributed by atoms with E-state index in [0.717, 1.165) is 17.8 Å². The van der Waals surface area contributed by atoms with Crippen molar-refractivity contribution in [3.05, 3.63) is 34.5 Å². The average Bonchev–Trinajstić information content (AvgIpc) is 2.97. The van der Waals surface area contributed by atoms with Gasteiger partial charge < -0.3 is 10.6 Å². The Kier molecular flexibility index (Phi) is 5.43. The molecule has 2 aromatic heterocycles. The highest BCUT2D eigenvalue weighted by Gasteiger charge is 2.08. The van der Waals surface area contributed by atoms with Crippen LogP contribution in [0.3, 0.4) is 0 Å². The minimum atomic E-state index is -0.0573. The van der Waals surface area contributed by atoms with Crippen LogP contribution < -0.4 is 10.6 Å². The lowest BCUT2D eigenvalue weighted by Crippen LogP contribution is -2.25. The number of hydrogen-bond acceptors (Lipinski definition) is 6. The van der Waals surface area contributed by atoms with Crippen LogP contribution >= 0.6 is 11.3 Å². The summed E-state index contributed by atoms with van der Waals surface area (Å²) in [6.07, 6.45) is 6.68. The van der Waals surface area contributed by atoms with Gasteiger partial charge in [-0.2, -0.15) is 0 Å². The summed E-state index contributed by atoms with van der Waals surface area (Å²) in [4.78, 5) is 24.8. The minimum absolute atomic E-state index is 0.0573. The van der Waals surface area contributed by atoms with Gasteiger partial charge in [0.05, 0.1) is 11.2 Å². The Morgan fingerprint density at radius 3 is 2.75 bits per heavy atom. The molecule has 2 N–H and O–H groups in total. The Morgan fingerprint density at radius 2 is 2.05 bits per heavy atom. The van der Waals surface area contributed by atoms with E-state index in [1.807, 2.05) is 6.92 Å². The molecule has 106 valence electrons. The Balaban J connectivity index is 1.64. The van der Waals surface area contributed by atoms with Gasteiger partial charge >= 0.3 is 0 Å². The van der Waals surface area contributed by atoms with Gasteiger partial charge in [-0.1, -0.05) is 6.92 Å². The smallest absolute Gasteiger partial charge is 0.263 e. The number of carbonyl (C=O) groups is 1. The predicted molar refractivity (Wildman–Crippen MR) is 79.0 cm³/mol. The number of carbonyl (C=O) groups excluding carboxylic acids is 1. The first-order valence-corrected chi connectivity index (χ1v) is 7.35. The van der Waals surface area contributed by atoms with Gasteiger partial charge in [-0.25, -0.2) is 15.0 Å². The van der Waals surface area contributed by atoms with E-state index in [9.17, 15) is 4.79 Å². The lowest BCUT2D eigenvalue weighted by atomic mass is 10.4. The zero-order valence-corrected chi connectivity index (χ0v) is 12.1. The molecule has 0 aliphatic carbocycles. The molecule has 0 fully saturated rings. The maximum absolute atomic E-state index is 11.8. The maximum Gasteiger partial charge on any atom is 0.263 e. The highest BCUT2D eigenvalue weighted by molar-refractivity contribution is 7.13. The Morgan fingerprint density at radius 1 is 1.25 bits per heavy atom. The SMILES string of the molecule is CCc1ncc(C(=O)NCCCNc2ncccn2)s1. The highest BCUT2D eigenvalue weighted by atomic mass is 32.1. The van der Waals surface area contributed by atoms with Gasteiger partial charge in [0.25, 0.3) is 5.91 Å². The fraction of sp³-hybridized carbons (Fsp3) is 0.385. The minimum Gasteiger partial charge on any atom is -0.354 e. The average molecular weight is 291 g/mol. The Bertz CT molecular complexity index is 543. The number of nitrogens with zero attached hydrogens (tertiary/aromatic N) is 3. The van der Waals surface area contributed by atoms with Gasteiger partial charge in [0.15, 0.2) is 0 Å². The van der Waals surface area contributed by atoms with Crippen LogP contribution in [0.2, 0.25) is 0 Å². The van der Waals surface area contributed by atoms with Crippen molar-refractivity contribution in [2.75, 3.05) is 18.4 Å². The van der Waals surface area contributed by atoms with Gasteiger partial charge in [0, 0.05) is 25.5 Å². The molecule has 1 amide bonds. The summed E-state index contributed by atoms with van der Waals surface area (Å²) in [5.41, 5.74) is 0. The van der Waals surface area contributed by atoms with Crippen molar-refractivity contribution in [1.29, 1.82) is 0 Å². The molecule has 2 aromatic rings. The first-order valence-electron chi connectivity index (χ1n) is 6.53. The van der Waals surface area contributed by atoms with E-state index in [-0.39, 0.29) is 5.91 Å². The second-order valence-corrected chi connectivity index (χ2v) is 5.20. The van der Waals surface area contributed by atoms with E-state index >= 15 is 0 Å². The van der Waals surface area contributed by atoms with Gasteiger partial charge in [-0.05, 0) is 18.9 Å². The van der Waals surface area contributed by atoms with Gasteiger partial charge in [0.1, 0.15) is 4.88 Å². The number of aryl methyl sites for hydroxylation is 1. The lowest BCUT2D eigenvalue weighted by Gasteiger charge is -2.05. The first-order chi connectivity index (χ1) is 9.79. The van der Waals surface area contributed by atoms with Crippen molar-refractivity contribution in [2.24, 2.45) is 0 Å². The number of anilines is 1. The van der Waals surface area contributed by atoms with Crippen LogP contribution in [0.5, 0.6) is 0 Å². The van der Waals surface area contributed by atoms with Crippen molar-refractivity contribution < 1.29 is 4.79 Å². The highest BCUT2D eigenvalue weighted by Crippen LogP contribution is 2.12. The van der Waals surface area contributed by atoms with Crippen molar-refractivity contribution >= 4 is 23.2 Å². The van der Waals surface area contributed by atoms with Crippen LogP contribution in [0.4, 0.5) is 5.95 Å². The Hall–Kier alpha value is -2.02. The van der Waals surface area contributed by atoms with Gasteiger partial charge in [0.2, 0.25) is 5.95 Å². The predicted octanol–water partition coefficient (Wildman–Crippen LogP) is 1.73. The normalized spacial score (nSPS) is 10.2. The number of aromatic nitrogens is 3. The first kappa shape index (κ1) is 14.4. The van der Waals surface area contributed by atoms with Crippen LogP contribution in [-0.4, -0.2) is 33.9 Å². The molecule has 2 rings (SSSR count). The topological polar surface area (TPSA) is 79.8 Å². The molecule has 2 heterocycles. The van der Waals surface area contributed by atoms with E-state index in [2.05, 4.69) is 25.6 Å². The van der Waals surface area contributed by atoms with Crippen molar-refractivity contribution in [2.45, 2.75) is 19.8 Å². The zero-order valence-electron chi connectivity index (χ0n) is 11.3. The summed E-state index contributed by atoms with van der Waals surface area (Å²) < 4.78 is 0. The van der Waals surface area contributed by atoms with E-state index in [0.29, 0.717) is 23.9 Å². The van der Waals surface area contributed by atoms with Gasteiger partial charge in [-0.15, -0.1) is 11.3 Å². The van der Waals surface area contributed by atoms with Crippen molar-refractivity contribution in [3.8, 4) is 0 Å². The molecule has 0 spiro atoms. The number of rotatable bonds is 7. The maximum atomic E-state index is 11.8. The third-order valence-corrected chi connectivity index (χ3v) is 3.71. The van der Waals surface area contributed by atoms with E-state index < -0.39 is 0 Å². The second-order valence-electron chi connectivity index (χ2n) is 4.08. The molecular weight excluding hydrogens is 274 g/mol. The molecule has 0 aliphatic heterocycles.